The van der Waals surface area contributed by atoms with Crippen molar-refractivity contribution < 1.29 is 38.0 Å². The third-order valence-electron chi connectivity index (χ3n) is 6.09. The molecule has 1 atom stereocenters. The maximum atomic E-state index is 12.3. The first-order valence-corrected chi connectivity index (χ1v) is 12.4. The van der Waals surface area contributed by atoms with E-state index in [1.54, 1.807) is 24.1 Å². The lowest BCUT2D eigenvalue weighted by atomic mass is 10.0. The number of aryl methyl sites for hydroxylation is 1. The van der Waals surface area contributed by atoms with Gasteiger partial charge in [-0.05, 0) is 63.1 Å². The number of piperidine rings is 1. The van der Waals surface area contributed by atoms with Gasteiger partial charge in [0.25, 0.3) is 6.47 Å². The van der Waals surface area contributed by atoms with E-state index >= 15 is 0 Å². The van der Waals surface area contributed by atoms with E-state index < -0.39 is 0 Å². The molecule has 0 aromatic heterocycles. The average molecular weight is 518 g/mol. The molecule has 0 aliphatic carbocycles. The molecule has 0 bridgehead atoms. The minimum Gasteiger partial charge on any atom is -0.497 e. The van der Waals surface area contributed by atoms with Crippen LogP contribution in [0.1, 0.15) is 44.6 Å². The molecule has 9 heteroatoms. The zero-order valence-electron chi connectivity index (χ0n) is 22.5. The number of methoxy groups -OCH3 is 4. The van der Waals surface area contributed by atoms with Crippen LogP contribution in [0.5, 0.6) is 28.7 Å². The fourth-order valence-electron chi connectivity index (χ4n) is 4.00. The maximum absolute atomic E-state index is 12.3. The van der Waals surface area contributed by atoms with Gasteiger partial charge in [-0.15, -0.1) is 0 Å². The Hall–Kier alpha value is -3.62. The number of likely N-dealkylation sites (tertiary alicyclic amines) is 1. The van der Waals surface area contributed by atoms with Gasteiger partial charge < -0.3 is 33.3 Å². The summed E-state index contributed by atoms with van der Waals surface area (Å²) in [7, 11) is 6.23. The molecule has 1 saturated heterocycles. The van der Waals surface area contributed by atoms with Crippen molar-refractivity contribution in [1.82, 2.24) is 4.90 Å². The molecule has 2 aromatic rings. The Labute approximate surface area is 219 Å². The van der Waals surface area contributed by atoms with Crippen LogP contribution in [0, 0.1) is 0 Å². The number of ether oxygens (including phenoxy) is 6. The Bertz CT molecular complexity index is 938. The highest BCUT2D eigenvalue weighted by Crippen LogP contribution is 2.41. The fourth-order valence-corrected chi connectivity index (χ4v) is 4.00. The van der Waals surface area contributed by atoms with E-state index in [0.717, 1.165) is 50.8 Å². The van der Waals surface area contributed by atoms with Crippen LogP contribution >= 0.6 is 0 Å². The van der Waals surface area contributed by atoms with Gasteiger partial charge in [0, 0.05) is 24.7 Å². The number of hydrogen-bond donors (Lipinski definition) is 0. The molecule has 0 radical (unpaired) electrons. The summed E-state index contributed by atoms with van der Waals surface area (Å²) in [6, 6.07) is 11.5. The Morgan fingerprint density at radius 1 is 0.919 bits per heavy atom. The first-order valence-electron chi connectivity index (χ1n) is 12.4. The van der Waals surface area contributed by atoms with Gasteiger partial charge in [0.15, 0.2) is 11.5 Å². The zero-order chi connectivity index (χ0) is 27.0. The molecule has 9 nitrogen and oxygen atoms in total. The number of amides is 1. The first-order chi connectivity index (χ1) is 18.0. The Morgan fingerprint density at radius 2 is 1.59 bits per heavy atom. The van der Waals surface area contributed by atoms with Crippen molar-refractivity contribution in [1.29, 1.82) is 0 Å². The number of rotatable bonds is 11. The van der Waals surface area contributed by atoms with Crippen molar-refractivity contribution in [3.8, 4) is 28.7 Å². The van der Waals surface area contributed by atoms with Gasteiger partial charge in [-0.3, -0.25) is 4.79 Å². The number of benzene rings is 2. The smallest absolute Gasteiger partial charge is 0.415 e. The summed E-state index contributed by atoms with van der Waals surface area (Å²) in [5.41, 5.74) is 1.28. The van der Waals surface area contributed by atoms with Gasteiger partial charge in [0.2, 0.25) is 5.75 Å². The standard InChI is InChI=1S/C16H23NO5.C12H16O3/c1-11-7-5-6-8-17(11)16(18)22-12-9-13(19-2)15(21-4)14(10-12)20-3;1-14-12-7-5-11(6-8-12)4-2-3-9-15-10-13/h9-11H,5-8H2,1-4H3;5-8,10H,2-4,9H2,1H3. The molecule has 1 fully saturated rings. The number of carbonyl (C=O) groups excluding carboxylic acids is 2. The molecule has 1 aliphatic rings. The first kappa shape index (κ1) is 29.6. The lowest BCUT2D eigenvalue weighted by molar-refractivity contribution is -0.128. The highest BCUT2D eigenvalue weighted by Gasteiger charge is 2.25. The Balaban J connectivity index is 0.000000281. The van der Waals surface area contributed by atoms with Gasteiger partial charge in [-0.25, -0.2) is 4.79 Å². The summed E-state index contributed by atoms with van der Waals surface area (Å²) in [5, 5.41) is 0. The summed E-state index contributed by atoms with van der Waals surface area (Å²) in [6.07, 6.45) is 5.76. The summed E-state index contributed by atoms with van der Waals surface area (Å²) in [6.45, 7) is 3.77. The third kappa shape index (κ3) is 9.40. The predicted octanol–water partition coefficient (Wildman–Crippen LogP) is 5.28. The van der Waals surface area contributed by atoms with Crippen LogP contribution < -0.4 is 23.7 Å². The molecular weight excluding hydrogens is 478 g/mol. The van der Waals surface area contributed by atoms with Crippen molar-refractivity contribution in [2.75, 3.05) is 41.6 Å². The summed E-state index contributed by atoms with van der Waals surface area (Å²) in [4.78, 5) is 24.0. The van der Waals surface area contributed by atoms with E-state index in [1.807, 2.05) is 19.1 Å². The molecule has 2 aromatic carbocycles. The van der Waals surface area contributed by atoms with Gasteiger partial charge >= 0.3 is 6.09 Å². The largest absolute Gasteiger partial charge is 0.497 e. The second-order valence-electron chi connectivity index (χ2n) is 8.54. The van der Waals surface area contributed by atoms with Gasteiger partial charge in [0.1, 0.15) is 11.5 Å². The second kappa shape index (κ2) is 16.2. The Kier molecular flexibility index (Phi) is 13.0. The maximum Gasteiger partial charge on any atom is 0.415 e. The number of carbonyl (C=O) groups is 2. The van der Waals surface area contributed by atoms with E-state index in [2.05, 4.69) is 16.9 Å². The summed E-state index contributed by atoms with van der Waals surface area (Å²) in [5.74, 6) is 2.63. The lowest BCUT2D eigenvalue weighted by Crippen LogP contribution is -2.43. The molecule has 3 rings (SSSR count). The van der Waals surface area contributed by atoms with Crippen LogP contribution in [-0.2, 0) is 16.0 Å². The molecule has 0 N–H and O–H groups in total. The van der Waals surface area contributed by atoms with Crippen LogP contribution in [0.15, 0.2) is 36.4 Å². The number of hydrogen-bond acceptors (Lipinski definition) is 8. The van der Waals surface area contributed by atoms with Crippen molar-refractivity contribution in [3.63, 3.8) is 0 Å². The number of unbranched alkanes of at least 4 members (excludes halogenated alkanes) is 1. The van der Waals surface area contributed by atoms with Gasteiger partial charge in [-0.1, -0.05) is 12.1 Å². The van der Waals surface area contributed by atoms with Crippen LogP contribution in [0.3, 0.4) is 0 Å². The normalized spacial score (nSPS) is 14.5. The molecular formula is C28H39NO8. The molecule has 37 heavy (non-hydrogen) atoms. The van der Waals surface area contributed by atoms with E-state index in [4.69, 9.17) is 23.7 Å². The van der Waals surface area contributed by atoms with Crippen LogP contribution in [0.25, 0.3) is 0 Å². The van der Waals surface area contributed by atoms with Crippen LogP contribution in [-0.4, -0.2) is 65.1 Å². The van der Waals surface area contributed by atoms with Crippen LogP contribution in [0.4, 0.5) is 4.79 Å². The minimum atomic E-state index is -0.346. The zero-order valence-corrected chi connectivity index (χ0v) is 22.5. The van der Waals surface area contributed by atoms with E-state index in [0.29, 0.717) is 36.1 Å². The molecule has 1 heterocycles. The van der Waals surface area contributed by atoms with Crippen LogP contribution in [0.2, 0.25) is 0 Å². The minimum absolute atomic E-state index is 0.197. The summed E-state index contributed by atoms with van der Waals surface area (Å²) >= 11 is 0. The van der Waals surface area contributed by atoms with Crippen molar-refractivity contribution in [3.05, 3.63) is 42.0 Å². The van der Waals surface area contributed by atoms with Gasteiger partial charge in [0.05, 0.1) is 35.0 Å². The van der Waals surface area contributed by atoms with Crippen molar-refractivity contribution >= 4 is 12.6 Å². The molecule has 1 unspecified atom stereocenters. The Morgan fingerprint density at radius 3 is 2.14 bits per heavy atom. The molecule has 0 saturated carbocycles. The highest BCUT2D eigenvalue weighted by molar-refractivity contribution is 5.72. The molecule has 204 valence electrons. The monoisotopic (exact) mass is 517 g/mol. The van der Waals surface area contributed by atoms with Crippen molar-refractivity contribution in [2.45, 2.75) is 51.5 Å². The quantitative estimate of drug-likeness (QED) is 0.294. The predicted molar refractivity (Wildman–Crippen MR) is 140 cm³/mol. The SMILES string of the molecule is COc1cc(OC(=O)N2CCCCC2C)cc(OC)c1OC.COc1ccc(CCCCOC=O)cc1. The fraction of sp³-hybridized carbons (Fsp3) is 0.500. The van der Waals surface area contributed by atoms with E-state index in [9.17, 15) is 9.59 Å². The summed E-state index contributed by atoms with van der Waals surface area (Å²) < 4.78 is 30.9. The number of nitrogens with zero attached hydrogens (tertiary/aromatic N) is 1. The van der Waals surface area contributed by atoms with E-state index in [1.165, 1.54) is 26.9 Å². The molecule has 0 spiro atoms. The lowest BCUT2D eigenvalue weighted by Gasteiger charge is -2.32. The molecule has 1 amide bonds. The topological polar surface area (TPSA) is 92.8 Å². The highest BCUT2D eigenvalue weighted by atomic mass is 16.6. The average Bonchev–Trinajstić information content (AvgIpc) is 2.93. The molecule has 1 aliphatic heterocycles. The van der Waals surface area contributed by atoms with E-state index in [-0.39, 0.29) is 12.1 Å². The second-order valence-corrected chi connectivity index (χ2v) is 8.54. The third-order valence-corrected chi connectivity index (χ3v) is 6.09. The van der Waals surface area contributed by atoms with Crippen molar-refractivity contribution in [2.24, 2.45) is 0 Å². The van der Waals surface area contributed by atoms with Gasteiger partial charge in [-0.2, -0.15) is 0 Å².